The van der Waals surface area contributed by atoms with Gasteiger partial charge < -0.3 is 10.2 Å². The smallest absolute Gasteiger partial charge is 0.152 e. The third-order valence-corrected chi connectivity index (χ3v) is 5.69. The minimum Gasteiger partial charge on any atom is -0.505 e. The van der Waals surface area contributed by atoms with Gasteiger partial charge in [-0.2, -0.15) is 0 Å². The van der Waals surface area contributed by atoms with Gasteiger partial charge in [-0.15, -0.1) is 0 Å². The van der Waals surface area contributed by atoms with Crippen molar-refractivity contribution in [3.63, 3.8) is 0 Å². The van der Waals surface area contributed by atoms with Gasteiger partial charge in [-0.05, 0) is 47.9 Å². The van der Waals surface area contributed by atoms with Gasteiger partial charge in [-0.3, -0.25) is 0 Å². The Morgan fingerprint density at radius 2 is 0.962 bits per heavy atom. The Hall–Kier alpha value is -1.58. The monoisotopic (exact) mass is 426 g/mol. The number of aromatic hydroxyl groups is 2. The van der Waals surface area contributed by atoms with Crippen molar-refractivity contribution in [2.75, 3.05) is 0 Å². The van der Waals surface area contributed by atoms with E-state index in [-0.39, 0.29) is 31.6 Å². The average molecular weight is 428 g/mol. The third kappa shape index (κ3) is 3.23. The molecular weight excluding hydrogens is 414 g/mol. The Morgan fingerprint density at radius 1 is 0.615 bits per heavy atom. The predicted molar refractivity (Wildman–Crippen MR) is 108 cm³/mol. The molecule has 3 aromatic rings. The summed E-state index contributed by atoms with van der Waals surface area (Å²) < 4.78 is 0. The number of halogens is 4. The molecule has 3 rings (SSSR count). The molecule has 2 N–H and O–H groups in total. The van der Waals surface area contributed by atoms with Crippen molar-refractivity contribution < 1.29 is 10.2 Å². The maximum Gasteiger partial charge on any atom is 0.152 e. The van der Waals surface area contributed by atoms with Crippen LogP contribution in [0.3, 0.4) is 0 Å². The molecule has 0 bridgehead atoms. The van der Waals surface area contributed by atoms with E-state index in [0.717, 1.165) is 16.7 Å². The summed E-state index contributed by atoms with van der Waals surface area (Å²) in [7, 11) is 0. The molecule has 6 heteroatoms. The molecular formula is C20H14Cl4O2. The van der Waals surface area contributed by atoms with Crippen LogP contribution in [0, 0.1) is 0 Å². The first-order valence-corrected chi connectivity index (χ1v) is 9.19. The summed E-state index contributed by atoms with van der Waals surface area (Å²) in [4.78, 5) is 0. The first-order valence-electron chi connectivity index (χ1n) is 7.67. The van der Waals surface area contributed by atoms with Gasteiger partial charge in [-0.1, -0.05) is 76.7 Å². The highest BCUT2D eigenvalue weighted by molar-refractivity contribution is 6.37. The zero-order chi connectivity index (χ0) is 19.1. The molecule has 0 saturated heterocycles. The van der Waals surface area contributed by atoms with Crippen LogP contribution in [0.2, 0.25) is 20.1 Å². The standard InChI is InChI=1S/C20H14Cl4O2/c1-20(11-5-3-2-4-6-11,12-7-14(21)18(25)15(22)8-12)13-9-16(23)19(26)17(24)10-13/h2-10,25-26H,1H3. The molecule has 26 heavy (non-hydrogen) atoms. The molecule has 0 radical (unpaired) electrons. The second-order valence-corrected chi connectivity index (χ2v) is 7.70. The van der Waals surface area contributed by atoms with Crippen LogP contribution in [0.1, 0.15) is 23.6 Å². The van der Waals surface area contributed by atoms with Crippen molar-refractivity contribution in [1.82, 2.24) is 0 Å². The normalized spacial score (nSPS) is 11.6. The van der Waals surface area contributed by atoms with Gasteiger partial charge in [0.15, 0.2) is 11.5 Å². The van der Waals surface area contributed by atoms with Crippen LogP contribution in [0.15, 0.2) is 54.6 Å². The average Bonchev–Trinajstić information content (AvgIpc) is 2.63. The minimum atomic E-state index is -0.733. The van der Waals surface area contributed by atoms with Gasteiger partial charge >= 0.3 is 0 Å². The molecule has 0 aliphatic carbocycles. The van der Waals surface area contributed by atoms with Crippen LogP contribution in [0.25, 0.3) is 0 Å². The zero-order valence-corrected chi connectivity index (χ0v) is 16.6. The Labute approximate surface area is 171 Å². The Balaban J connectivity index is 2.35. The molecule has 0 amide bonds. The van der Waals surface area contributed by atoms with Crippen molar-refractivity contribution in [2.45, 2.75) is 12.3 Å². The number of phenolic OH excluding ortho intramolecular Hbond substituents is 2. The molecule has 134 valence electrons. The molecule has 0 aliphatic rings. The van der Waals surface area contributed by atoms with Gasteiger partial charge in [0, 0.05) is 5.41 Å². The van der Waals surface area contributed by atoms with Crippen molar-refractivity contribution in [1.29, 1.82) is 0 Å². The zero-order valence-electron chi connectivity index (χ0n) is 13.6. The van der Waals surface area contributed by atoms with Gasteiger partial charge in [-0.25, -0.2) is 0 Å². The lowest BCUT2D eigenvalue weighted by Gasteiger charge is -2.32. The largest absolute Gasteiger partial charge is 0.505 e. The van der Waals surface area contributed by atoms with Crippen LogP contribution in [-0.2, 0) is 5.41 Å². The lowest BCUT2D eigenvalue weighted by Crippen LogP contribution is -2.25. The van der Waals surface area contributed by atoms with Crippen molar-refractivity contribution in [3.8, 4) is 11.5 Å². The molecule has 0 heterocycles. The Bertz CT molecular complexity index is 867. The van der Waals surface area contributed by atoms with E-state index in [0.29, 0.717) is 0 Å². The molecule has 0 aliphatic heterocycles. The van der Waals surface area contributed by atoms with Crippen molar-refractivity contribution >= 4 is 46.4 Å². The van der Waals surface area contributed by atoms with E-state index in [4.69, 9.17) is 46.4 Å². The van der Waals surface area contributed by atoms with E-state index in [1.807, 2.05) is 37.3 Å². The van der Waals surface area contributed by atoms with Crippen LogP contribution in [0.5, 0.6) is 11.5 Å². The summed E-state index contributed by atoms with van der Waals surface area (Å²) in [6.45, 7) is 1.97. The van der Waals surface area contributed by atoms with Crippen molar-refractivity contribution in [3.05, 3.63) is 91.4 Å². The minimum absolute atomic E-state index is 0.144. The molecule has 0 saturated carbocycles. The molecule has 0 unspecified atom stereocenters. The SMILES string of the molecule is CC(c1ccccc1)(c1cc(Cl)c(O)c(Cl)c1)c1cc(Cl)c(O)c(Cl)c1. The van der Waals surface area contributed by atoms with Gasteiger partial charge in [0.05, 0.1) is 20.1 Å². The lowest BCUT2D eigenvalue weighted by molar-refractivity contribution is 0.475. The van der Waals surface area contributed by atoms with Crippen molar-refractivity contribution in [2.24, 2.45) is 0 Å². The highest BCUT2D eigenvalue weighted by atomic mass is 35.5. The molecule has 3 aromatic carbocycles. The first-order chi connectivity index (χ1) is 12.2. The fourth-order valence-corrected chi connectivity index (χ4v) is 3.95. The summed E-state index contributed by atoms with van der Waals surface area (Å²) in [5.74, 6) is -0.344. The summed E-state index contributed by atoms with van der Waals surface area (Å²) in [6.07, 6.45) is 0. The summed E-state index contributed by atoms with van der Waals surface area (Å²) >= 11 is 24.6. The second-order valence-electron chi connectivity index (χ2n) is 6.07. The van der Waals surface area contributed by atoms with Crippen LogP contribution >= 0.6 is 46.4 Å². The lowest BCUT2D eigenvalue weighted by atomic mass is 9.71. The highest BCUT2D eigenvalue weighted by Gasteiger charge is 2.33. The fourth-order valence-electron chi connectivity index (χ4n) is 2.98. The molecule has 0 aromatic heterocycles. The van der Waals surface area contributed by atoms with E-state index in [1.165, 1.54) is 0 Å². The first kappa shape index (κ1) is 19.2. The van der Waals surface area contributed by atoms with Crippen LogP contribution in [-0.4, -0.2) is 10.2 Å². The van der Waals surface area contributed by atoms with Crippen LogP contribution in [0.4, 0.5) is 0 Å². The number of benzene rings is 3. The maximum atomic E-state index is 9.92. The number of rotatable bonds is 3. The predicted octanol–water partition coefficient (Wildman–Crippen LogP) is 7.07. The van der Waals surface area contributed by atoms with E-state index < -0.39 is 5.41 Å². The second kappa shape index (κ2) is 7.21. The van der Waals surface area contributed by atoms with Gasteiger partial charge in [0.25, 0.3) is 0 Å². The van der Waals surface area contributed by atoms with E-state index >= 15 is 0 Å². The maximum absolute atomic E-state index is 9.92. The quantitative estimate of drug-likeness (QED) is 0.439. The van der Waals surface area contributed by atoms with E-state index in [9.17, 15) is 10.2 Å². The number of hydrogen-bond acceptors (Lipinski definition) is 2. The fraction of sp³-hybridized carbons (Fsp3) is 0.100. The topological polar surface area (TPSA) is 40.5 Å². The summed E-state index contributed by atoms with van der Waals surface area (Å²) in [6, 6.07) is 16.3. The molecule has 2 nitrogen and oxygen atoms in total. The third-order valence-electron chi connectivity index (χ3n) is 4.54. The Kier molecular flexibility index (Phi) is 5.32. The molecule has 0 fully saturated rings. The highest BCUT2D eigenvalue weighted by Crippen LogP contribution is 2.46. The summed E-state index contributed by atoms with van der Waals surface area (Å²) in [5.41, 5.74) is 1.70. The Morgan fingerprint density at radius 3 is 1.31 bits per heavy atom. The van der Waals surface area contributed by atoms with E-state index in [1.54, 1.807) is 24.3 Å². The number of hydrogen-bond donors (Lipinski definition) is 2. The van der Waals surface area contributed by atoms with Gasteiger partial charge in [0.1, 0.15) is 0 Å². The van der Waals surface area contributed by atoms with Crippen LogP contribution < -0.4 is 0 Å². The number of phenols is 2. The summed E-state index contributed by atoms with van der Waals surface area (Å²) in [5, 5.41) is 20.4. The molecule has 0 spiro atoms. The molecule has 0 atom stereocenters. The van der Waals surface area contributed by atoms with Gasteiger partial charge in [0.2, 0.25) is 0 Å². The van der Waals surface area contributed by atoms with E-state index in [2.05, 4.69) is 0 Å².